The molecule has 0 saturated carbocycles. The Morgan fingerprint density at radius 2 is 1.86 bits per heavy atom. The fourth-order valence-electron chi connectivity index (χ4n) is 2.03. The van der Waals surface area contributed by atoms with Gasteiger partial charge in [-0.1, -0.05) is 62.9 Å². The lowest BCUT2D eigenvalue weighted by atomic mass is 10.0. The highest BCUT2D eigenvalue weighted by atomic mass is 79.9. The number of ether oxygens (including phenoxy) is 1. The molecule has 0 aliphatic rings. The van der Waals surface area contributed by atoms with Crippen LogP contribution in [-0.2, 0) is 6.42 Å². The number of hydrogen-bond donors (Lipinski definition) is 0. The number of hydrogen-bond acceptors (Lipinski definition) is 1. The summed E-state index contributed by atoms with van der Waals surface area (Å²) in [5, 5.41) is 1.92. The van der Waals surface area contributed by atoms with Gasteiger partial charge in [0.15, 0.2) is 0 Å². The van der Waals surface area contributed by atoms with Crippen LogP contribution in [0.3, 0.4) is 0 Å². The van der Waals surface area contributed by atoms with Crippen LogP contribution in [0.25, 0.3) is 0 Å². The Kier molecular flexibility index (Phi) is 6.24. The van der Waals surface area contributed by atoms with E-state index in [2.05, 4.69) is 15.9 Å². The maximum Gasteiger partial charge on any atom is 0.139 e. The van der Waals surface area contributed by atoms with Gasteiger partial charge in [-0.3, -0.25) is 0 Å². The SMILES string of the molecule is CCOc1cc(Cl)c(C(Br)Cc2cccc(Cl)c2)cc1Cl. The highest BCUT2D eigenvalue weighted by Gasteiger charge is 2.16. The summed E-state index contributed by atoms with van der Waals surface area (Å²) in [6.07, 6.45) is 0.768. The van der Waals surface area contributed by atoms with Crippen LogP contribution >= 0.6 is 50.7 Å². The number of benzene rings is 2. The molecule has 0 spiro atoms. The molecule has 2 aromatic carbocycles. The van der Waals surface area contributed by atoms with Crippen LogP contribution in [0.2, 0.25) is 15.1 Å². The molecule has 0 saturated heterocycles. The minimum absolute atomic E-state index is 0.0524. The zero-order valence-electron chi connectivity index (χ0n) is 11.4. The molecular weight excluding hydrogens is 394 g/mol. The highest BCUT2D eigenvalue weighted by Crippen LogP contribution is 2.38. The second-order valence-electron chi connectivity index (χ2n) is 4.54. The van der Waals surface area contributed by atoms with Gasteiger partial charge < -0.3 is 4.74 Å². The smallest absolute Gasteiger partial charge is 0.139 e. The first-order valence-electron chi connectivity index (χ1n) is 6.51. The summed E-state index contributed by atoms with van der Waals surface area (Å²) in [6, 6.07) is 11.4. The molecule has 0 aromatic heterocycles. The summed E-state index contributed by atoms with van der Waals surface area (Å²) in [6.45, 7) is 2.46. The first-order valence-corrected chi connectivity index (χ1v) is 8.56. The average Bonchev–Trinajstić information content (AvgIpc) is 2.42. The van der Waals surface area contributed by atoms with Crippen molar-refractivity contribution in [2.45, 2.75) is 18.2 Å². The van der Waals surface area contributed by atoms with Crippen LogP contribution in [0, 0.1) is 0 Å². The van der Waals surface area contributed by atoms with Gasteiger partial charge in [-0.2, -0.15) is 0 Å². The van der Waals surface area contributed by atoms with Gasteiger partial charge in [0, 0.05) is 20.9 Å². The fraction of sp³-hybridized carbons (Fsp3) is 0.250. The zero-order valence-corrected chi connectivity index (χ0v) is 15.2. The molecular formula is C16H14BrCl3O. The fourth-order valence-corrected chi connectivity index (χ4v) is 3.64. The summed E-state index contributed by atoms with van der Waals surface area (Å²) in [5.74, 6) is 0.607. The standard InChI is InChI=1S/C16H14BrCl3O/c1-2-21-16-9-14(19)12(8-15(16)20)13(17)7-10-4-3-5-11(18)6-10/h3-6,8-9,13H,2,7H2,1H3. The van der Waals surface area contributed by atoms with Crippen molar-refractivity contribution < 1.29 is 4.74 Å². The van der Waals surface area contributed by atoms with E-state index >= 15 is 0 Å². The third-order valence-electron chi connectivity index (χ3n) is 2.99. The van der Waals surface area contributed by atoms with Gasteiger partial charge in [-0.15, -0.1) is 0 Å². The molecule has 2 rings (SSSR count). The molecule has 1 atom stereocenters. The lowest BCUT2D eigenvalue weighted by molar-refractivity contribution is 0.340. The van der Waals surface area contributed by atoms with Crippen molar-refractivity contribution in [2.24, 2.45) is 0 Å². The lowest BCUT2D eigenvalue weighted by Crippen LogP contribution is -1.99. The van der Waals surface area contributed by atoms with E-state index in [1.807, 2.05) is 37.3 Å². The first-order chi connectivity index (χ1) is 10.0. The van der Waals surface area contributed by atoms with Gasteiger partial charge in [0.05, 0.1) is 11.6 Å². The molecule has 0 aliphatic carbocycles. The van der Waals surface area contributed by atoms with Crippen LogP contribution in [0.1, 0.15) is 22.9 Å². The van der Waals surface area contributed by atoms with Crippen molar-refractivity contribution in [2.75, 3.05) is 6.61 Å². The maximum atomic E-state index is 6.33. The van der Waals surface area contributed by atoms with Crippen LogP contribution in [0.15, 0.2) is 36.4 Å². The predicted molar refractivity (Wildman–Crippen MR) is 94.5 cm³/mol. The molecule has 112 valence electrons. The second kappa shape index (κ2) is 7.73. The molecule has 0 fully saturated rings. The Labute approximate surface area is 148 Å². The van der Waals surface area contributed by atoms with Gasteiger partial charge in [0.2, 0.25) is 0 Å². The van der Waals surface area contributed by atoms with Crippen LogP contribution in [0.5, 0.6) is 5.75 Å². The minimum atomic E-state index is 0.0524. The maximum absolute atomic E-state index is 6.33. The third kappa shape index (κ3) is 4.53. The summed E-state index contributed by atoms with van der Waals surface area (Å²) >= 11 is 22.2. The van der Waals surface area contributed by atoms with E-state index < -0.39 is 0 Å². The van der Waals surface area contributed by atoms with Crippen LogP contribution in [-0.4, -0.2) is 6.61 Å². The Balaban J connectivity index is 2.23. The van der Waals surface area contributed by atoms with Crippen molar-refractivity contribution in [1.82, 2.24) is 0 Å². The van der Waals surface area contributed by atoms with Gasteiger partial charge in [0.1, 0.15) is 5.75 Å². The first kappa shape index (κ1) is 17.0. The third-order valence-corrected chi connectivity index (χ3v) is 4.67. The second-order valence-corrected chi connectivity index (χ2v) is 6.89. The van der Waals surface area contributed by atoms with E-state index in [-0.39, 0.29) is 4.83 Å². The molecule has 0 N–H and O–H groups in total. The monoisotopic (exact) mass is 406 g/mol. The highest BCUT2D eigenvalue weighted by molar-refractivity contribution is 9.09. The van der Waals surface area contributed by atoms with Crippen LogP contribution < -0.4 is 4.74 Å². The molecule has 0 radical (unpaired) electrons. The Hall–Kier alpha value is -0.410. The van der Waals surface area contributed by atoms with Crippen molar-refractivity contribution in [3.05, 3.63) is 62.6 Å². The van der Waals surface area contributed by atoms with Gasteiger partial charge in [-0.25, -0.2) is 0 Å². The summed E-state index contributed by atoms with van der Waals surface area (Å²) < 4.78 is 5.44. The molecule has 1 unspecified atom stereocenters. The van der Waals surface area contributed by atoms with E-state index in [1.165, 1.54) is 0 Å². The Morgan fingerprint density at radius 1 is 1.10 bits per heavy atom. The summed E-state index contributed by atoms with van der Waals surface area (Å²) in [4.78, 5) is 0.0524. The molecule has 1 nitrogen and oxygen atoms in total. The molecule has 2 aromatic rings. The Bertz CT molecular complexity index is 631. The lowest BCUT2D eigenvalue weighted by Gasteiger charge is -2.15. The predicted octanol–water partition coefficient (Wildman–Crippen LogP) is 6.72. The molecule has 0 heterocycles. The largest absolute Gasteiger partial charge is 0.492 e. The number of alkyl halides is 1. The molecule has 21 heavy (non-hydrogen) atoms. The number of rotatable bonds is 5. The quantitative estimate of drug-likeness (QED) is 0.499. The van der Waals surface area contributed by atoms with Gasteiger partial charge in [0.25, 0.3) is 0 Å². The topological polar surface area (TPSA) is 9.23 Å². The van der Waals surface area contributed by atoms with Crippen LogP contribution in [0.4, 0.5) is 0 Å². The van der Waals surface area contributed by atoms with E-state index in [4.69, 9.17) is 39.5 Å². The molecule has 0 aliphatic heterocycles. The Morgan fingerprint density at radius 3 is 2.52 bits per heavy atom. The molecule has 0 amide bonds. The van der Waals surface area contributed by atoms with Crippen molar-refractivity contribution in [1.29, 1.82) is 0 Å². The normalized spacial score (nSPS) is 12.2. The van der Waals surface area contributed by atoms with Crippen molar-refractivity contribution >= 4 is 50.7 Å². The minimum Gasteiger partial charge on any atom is -0.492 e. The van der Waals surface area contributed by atoms with E-state index in [1.54, 1.807) is 6.07 Å². The van der Waals surface area contributed by atoms with Gasteiger partial charge >= 0.3 is 0 Å². The summed E-state index contributed by atoms with van der Waals surface area (Å²) in [7, 11) is 0. The molecule has 5 heteroatoms. The summed E-state index contributed by atoms with van der Waals surface area (Å²) in [5.41, 5.74) is 2.07. The number of halogens is 4. The van der Waals surface area contributed by atoms with Crippen molar-refractivity contribution in [3.63, 3.8) is 0 Å². The molecule has 0 bridgehead atoms. The van der Waals surface area contributed by atoms with E-state index in [9.17, 15) is 0 Å². The van der Waals surface area contributed by atoms with E-state index in [0.717, 1.165) is 22.6 Å². The van der Waals surface area contributed by atoms with Gasteiger partial charge in [-0.05, 0) is 42.7 Å². The average molecular weight is 409 g/mol. The van der Waals surface area contributed by atoms with Crippen molar-refractivity contribution in [3.8, 4) is 5.75 Å². The zero-order chi connectivity index (χ0) is 15.4. The van der Waals surface area contributed by atoms with E-state index in [0.29, 0.717) is 22.4 Å².